The third-order valence-corrected chi connectivity index (χ3v) is 2.61. The van der Waals surface area contributed by atoms with E-state index in [4.69, 9.17) is 4.74 Å². The Kier molecular flexibility index (Phi) is 5.63. The Hall–Kier alpha value is -1.42. The van der Waals surface area contributed by atoms with Gasteiger partial charge in [0.1, 0.15) is 6.04 Å². The zero-order valence-corrected chi connectivity index (χ0v) is 10.6. The first kappa shape index (κ1) is 13.6. The fraction of sp³-hybridized carbons (Fsp3) is 0.538. The second-order valence-electron chi connectivity index (χ2n) is 3.89. The fourth-order valence-corrected chi connectivity index (χ4v) is 1.63. The Labute approximate surface area is 102 Å². The summed E-state index contributed by atoms with van der Waals surface area (Å²) in [5.74, 6) is -0.189. The van der Waals surface area contributed by atoms with E-state index in [2.05, 4.69) is 10.3 Å². The van der Waals surface area contributed by atoms with Crippen LogP contribution in [0.2, 0.25) is 0 Å². The van der Waals surface area contributed by atoms with E-state index in [1.807, 2.05) is 32.9 Å². The van der Waals surface area contributed by atoms with Crippen molar-refractivity contribution in [1.82, 2.24) is 10.3 Å². The van der Waals surface area contributed by atoms with Crippen LogP contribution in [0.3, 0.4) is 0 Å². The highest BCUT2D eigenvalue weighted by Crippen LogP contribution is 2.12. The fourth-order valence-electron chi connectivity index (χ4n) is 1.63. The van der Waals surface area contributed by atoms with E-state index in [1.54, 1.807) is 12.4 Å². The van der Waals surface area contributed by atoms with Gasteiger partial charge in [0.15, 0.2) is 0 Å². The van der Waals surface area contributed by atoms with Gasteiger partial charge in [0.25, 0.3) is 0 Å². The van der Waals surface area contributed by atoms with Crippen molar-refractivity contribution in [3.8, 4) is 0 Å². The average molecular weight is 236 g/mol. The SMILES string of the molecule is CCOC(=O)C(CC)NC(C)c1cccnc1. The van der Waals surface area contributed by atoms with Crippen LogP contribution in [0.25, 0.3) is 0 Å². The topological polar surface area (TPSA) is 51.2 Å². The molecule has 0 saturated heterocycles. The van der Waals surface area contributed by atoms with E-state index in [9.17, 15) is 4.79 Å². The molecule has 1 aromatic heterocycles. The van der Waals surface area contributed by atoms with Crippen molar-refractivity contribution in [2.75, 3.05) is 6.61 Å². The van der Waals surface area contributed by atoms with E-state index in [0.717, 1.165) is 5.56 Å². The summed E-state index contributed by atoms with van der Waals surface area (Å²) in [6.45, 7) is 6.21. The highest BCUT2D eigenvalue weighted by molar-refractivity contribution is 5.75. The van der Waals surface area contributed by atoms with E-state index in [0.29, 0.717) is 13.0 Å². The van der Waals surface area contributed by atoms with Gasteiger partial charge < -0.3 is 4.74 Å². The molecule has 0 aliphatic heterocycles. The summed E-state index contributed by atoms with van der Waals surface area (Å²) < 4.78 is 5.01. The van der Waals surface area contributed by atoms with Gasteiger partial charge in [-0.2, -0.15) is 0 Å². The van der Waals surface area contributed by atoms with Crippen LogP contribution in [-0.2, 0) is 9.53 Å². The molecule has 2 atom stereocenters. The molecule has 0 saturated carbocycles. The first-order valence-electron chi connectivity index (χ1n) is 6.01. The summed E-state index contributed by atoms with van der Waals surface area (Å²) >= 11 is 0. The summed E-state index contributed by atoms with van der Waals surface area (Å²) in [6.07, 6.45) is 4.25. The van der Waals surface area contributed by atoms with Crippen LogP contribution in [0.5, 0.6) is 0 Å². The molecule has 4 heteroatoms. The largest absolute Gasteiger partial charge is 0.465 e. The Morgan fingerprint density at radius 3 is 2.82 bits per heavy atom. The van der Waals surface area contributed by atoms with E-state index < -0.39 is 0 Å². The Morgan fingerprint density at radius 2 is 2.29 bits per heavy atom. The standard InChI is InChI=1S/C13H20N2O2/c1-4-12(13(16)17-5-2)15-10(3)11-7-6-8-14-9-11/h6-10,12,15H,4-5H2,1-3H3. The number of rotatable bonds is 6. The second kappa shape index (κ2) is 7.01. The zero-order valence-electron chi connectivity index (χ0n) is 10.6. The normalized spacial score (nSPS) is 14.1. The molecule has 4 nitrogen and oxygen atoms in total. The molecule has 1 aromatic rings. The van der Waals surface area contributed by atoms with Gasteiger partial charge in [-0.1, -0.05) is 13.0 Å². The molecule has 0 spiro atoms. The van der Waals surface area contributed by atoms with Gasteiger partial charge in [0.2, 0.25) is 0 Å². The van der Waals surface area contributed by atoms with Gasteiger partial charge in [-0.3, -0.25) is 15.1 Å². The third kappa shape index (κ3) is 4.15. The Balaban J connectivity index is 2.59. The molecule has 94 valence electrons. The molecule has 17 heavy (non-hydrogen) atoms. The molecular formula is C13H20N2O2. The molecule has 0 aliphatic carbocycles. The highest BCUT2D eigenvalue weighted by atomic mass is 16.5. The maximum Gasteiger partial charge on any atom is 0.323 e. The summed E-state index contributed by atoms with van der Waals surface area (Å²) in [5, 5.41) is 3.25. The molecule has 1 rings (SSSR count). The van der Waals surface area contributed by atoms with Gasteiger partial charge in [-0.15, -0.1) is 0 Å². The van der Waals surface area contributed by atoms with Crippen LogP contribution in [0.1, 0.15) is 38.8 Å². The smallest absolute Gasteiger partial charge is 0.323 e. The second-order valence-corrected chi connectivity index (χ2v) is 3.89. The lowest BCUT2D eigenvalue weighted by atomic mass is 10.1. The van der Waals surface area contributed by atoms with Gasteiger partial charge >= 0.3 is 5.97 Å². The molecule has 2 unspecified atom stereocenters. The minimum Gasteiger partial charge on any atom is -0.465 e. The molecular weight excluding hydrogens is 216 g/mol. The summed E-state index contributed by atoms with van der Waals surface area (Å²) in [6, 6.07) is 3.70. The zero-order chi connectivity index (χ0) is 12.7. The summed E-state index contributed by atoms with van der Waals surface area (Å²) in [5.41, 5.74) is 1.07. The number of ether oxygens (including phenoxy) is 1. The van der Waals surface area contributed by atoms with Crippen molar-refractivity contribution in [2.24, 2.45) is 0 Å². The lowest BCUT2D eigenvalue weighted by Gasteiger charge is -2.20. The number of nitrogens with zero attached hydrogens (tertiary/aromatic N) is 1. The third-order valence-electron chi connectivity index (χ3n) is 2.61. The van der Waals surface area contributed by atoms with Gasteiger partial charge in [0.05, 0.1) is 6.61 Å². The Morgan fingerprint density at radius 1 is 1.53 bits per heavy atom. The summed E-state index contributed by atoms with van der Waals surface area (Å²) in [7, 11) is 0. The average Bonchev–Trinajstić information content (AvgIpc) is 2.37. The van der Waals surface area contributed by atoms with Crippen LogP contribution in [0.15, 0.2) is 24.5 Å². The van der Waals surface area contributed by atoms with Crippen LogP contribution < -0.4 is 5.32 Å². The maximum atomic E-state index is 11.6. The number of esters is 1. The maximum absolute atomic E-state index is 11.6. The molecule has 1 heterocycles. The van der Waals surface area contributed by atoms with Crippen molar-refractivity contribution in [2.45, 2.75) is 39.3 Å². The van der Waals surface area contributed by atoms with Crippen molar-refractivity contribution in [3.05, 3.63) is 30.1 Å². The number of carbonyl (C=O) groups is 1. The first-order chi connectivity index (χ1) is 8.19. The predicted molar refractivity (Wildman–Crippen MR) is 66.5 cm³/mol. The number of nitrogens with one attached hydrogen (secondary N) is 1. The first-order valence-corrected chi connectivity index (χ1v) is 6.01. The van der Waals surface area contributed by atoms with Crippen LogP contribution in [0, 0.1) is 0 Å². The van der Waals surface area contributed by atoms with Crippen LogP contribution in [-0.4, -0.2) is 23.6 Å². The highest BCUT2D eigenvalue weighted by Gasteiger charge is 2.20. The van der Waals surface area contributed by atoms with E-state index >= 15 is 0 Å². The van der Waals surface area contributed by atoms with Crippen LogP contribution >= 0.6 is 0 Å². The minimum atomic E-state index is -0.259. The quantitative estimate of drug-likeness (QED) is 0.768. The predicted octanol–water partition coefficient (Wildman–Crippen LogP) is 2.07. The molecule has 0 aliphatic rings. The Bertz CT molecular complexity index is 341. The molecule has 0 amide bonds. The number of hydrogen-bond donors (Lipinski definition) is 1. The van der Waals surface area contributed by atoms with Gasteiger partial charge in [0, 0.05) is 18.4 Å². The molecule has 0 bridgehead atoms. The van der Waals surface area contributed by atoms with Gasteiger partial charge in [-0.25, -0.2) is 0 Å². The summed E-state index contributed by atoms with van der Waals surface area (Å²) in [4.78, 5) is 15.7. The van der Waals surface area contributed by atoms with Gasteiger partial charge in [-0.05, 0) is 31.9 Å². The molecule has 0 radical (unpaired) electrons. The lowest BCUT2D eigenvalue weighted by Crippen LogP contribution is -2.39. The number of aromatic nitrogens is 1. The van der Waals surface area contributed by atoms with Crippen molar-refractivity contribution >= 4 is 5.97 Å². The van der Waals surface area contributed by atoms with Crippen molar-refractivity contribution in [1.29, 1.82) is 0 Å². The lowest BCUT2D eigenvalue weighted by molar-refractivity contribution is -0.146. The number of carbonyl (C=O) groups excluding carboxylic acids is 1. The molecule has 1 N–H and O–H groups in total. The molecule has 0 fully saturated rings. The molecule has 0 aromatic carbocycles. The van der Waals surface area contributed by atoms with Crippen LogP contribution in [0.4, 0.5) is 0 Å². The monoisotopic (exact) mass is 236 g/mol. The number of pyridine rings is 1. The van der Waals surface area contributed by atoms with E-state index in [1.165, 1.54) is 0 Å². The van der Waals surface area contributed by atoms with Crippen molar-refractivity contribution in [3.63, 3.8) is 0 Å². The minimum absolute atomic E-state index is 0.0815. The number of hydrogen-bond acceptors (Lipinski definition) is 4. The van der Waals surface area contributed by atoms with Crippen molar-refractivity contribution < 1.29 is 9.53 Å². The van der Waals surface area contributed by atoms with E-state index in [-0.39, 0.29) is 18.1 Å².